The molecule has 1 aliphatic heterocycles. The number of hydrogen-bond donors (Lipinski definition) is 3. The standard InChI is InChI=1S/C13H16N6O2/c20-12(11-14-13(21)18-17-11)19-5-3-8-9(4-6-19)15-16-10(8)7-1-2-7/h7H,1-6H2,(H,15,16)(H2,14,17,18,21). The maximum Gasteiger partial charge on any atom is 0.341 e. The first kappa shape index (κ1) is 12.4. The van der Waals surface area contributed by atoms with E-state index >= 15 is 0 Å². The van der Waals surface area contributed by atoms with Crippen molar-refractivity contribution in [3.63, 3.8) is 0 Å². The van der Waals surface area contributed by atoms with Crippen LogP contribution in [0.25, 0.3) is 0 Å². The van der Waals surface area contributed by atoms with Gasteiger partial charge in [0, 0.05) is 31.1 Å². The van der Waals surface area contributed by atoms with Gasteiger partial charge in [0.15, 0.2) is 0 Å². The molecule has 1 amide bonds. The first-order chi connectivity index (χ1) is 10.2. The van der Waals surface area contributed by atoms with Gasteiger partial charge in [-0.2, -0.15) is 5.10 Å². The number of aromatic amines is 3. The van der Waals surface area contributed by atoms with Crippen LogP contribution in [0.15, 0.2) is 4.79 Å². The lowest BCUT2D eigenvalue weighted by Crippen LogP contribution is -2.34. The number of nitrogens with one attached hydrogen (secondary N) is 3. The topological polar surface area (TPSA) is 111 Å². The molecule has 0 saturated heterocycles. The zero-order valence-electron chi connectivity index (χ0n) is 11.5. The van der Waals surface area contributed by atoms with Gasteiger partial charge in [0.25, 0.3) is 5.91 Å². The van der Waals surface area contributed by atoms with Crippen molar-refractivity contribution in [1.29, 1.82) is 0 Å². The highest BCUT2D eigenvalue weighted by Crippen LogP contribution is 2.41. The van der Waals surface area contributed by atoms with Gasteiger partial charge in [-0.1, -0.05) is 0 Å². The predicted molar refractivity (Wildman–Crippen MR) is 73.1 cm³/mol. The fourth-order valence-electron chi connectivity index (χ4n) is 2.93. The monoisotopic (exact) mass is 288 g/mol. The molecule has 21 heavy (non-hydrogen) atoms. The molecular weight excluding hydrogens is 272 g/mol. The Kier molecular flexibility index (Phi) is 2.69. The van der Waals surface area contributed by atoms with Crippen molar-refractivity contribution in [2.75, 3.05) is 13.1 Å². The molecule has 0 bridgehead atoms. The zero-order valence-corrected chi connectivity index (χ0v) is 11.5. The summed E-state index contributed by atoms with van der Waals surface area (Å²) in [5, 5.41) is 13.5. The lowest BCUT2D eigenvalue weighted by Gasteiger charge is -2.18. The Labute approximate surface area is 119 Å². The summed E-state index contributed by atoms with van der Waals surface area (Å²) >= 11 is 0. The number of rotatable bonds is 2. The van der Waals surface area contributed by atoms with Crippen LogP contribution in [0.2, 0.25) is 0 Å². The number of nitrogens with zero attached hydrogens (tertiary/aromatic N) is 3. The molecule has 1 aliphatic carbocycles. The quantitative estimate of drug-likeness (QED) is 0.719. The van der Waals surface area contributed by atoms with E-state index in [2.05, 4.69) is 25.4 Å². The van der Waals surface area contributed by atoms with Gasteiger partial charge in [0.2, 0.25) is 5.82 Å². The van der Waals surface area contributed by atoms with Gasteiger partial charge in [-0.05, 0) is 24.8 Å². The SMILES string of the molecule is O=C(c1n[nH]c(=O)[nH]1)N1CCc2[nH]nc(C3CC3)c2CC1. The molecule has 110 valence electrons. The number of fused-ring (bicyclic) bond motifs is 1. The van der Waals surface area contributed by atoms with Gasteiger partial charge in [0.05, 0.1) is 5.69 Å². The summed E-state index contributed by atoms with van der Waals surface area (Å²) < 4.78 is 0. The first-order valence-electron chi connectivity index (χ1n) is 7.22. The Hall–Kier alpha value is -2.38. The van der Waals surface area contributed by atoms with Crippen molar-refractivity contribution >= 4 is 5.91 Å². The highest BCUT2D eigenvalue weighted by molar-refractivity contribution is 5.90. The van der Waals surface area contributed by atoms with Gasteiger partial charge in [-0.3, -0.25) is 14.9 Å². The Bertz CT molecular complexity index is 738. The highest BCUT2D eigenvalue weighted by atomic mass is 16.2. The number of carbonyl (C=O) groups is 1. The van der Waals surface area contributed by atoms with E-state index in [1.807, 2.05) is 0 Å². The molecule has 0 aromatic carbocycles. The third-order valence-corrected chi connectivity index (χ3v) is 4.20. The third kappa shape index (κ3) is 2.16. The molecule has 1 fully saturated rings. The molecule has 3 N–H and O–H groups in total. The van der Waals surface area contributed by atoms with E-state index in [1.165, 1.54) is 24.1 Å². The molecule has 1 saturated carbocycles. The van der Waals surface area contributed by atoms with Crippen LogP contribution in [-0.4, -0.2) is 49.3 Å². The number of aromatic nitrogens is 5. The molecule has 0 atom stereocenters. The van der Waals surface area contributed by atoms with Crippen molar-refractivity contribution in [3.05, 3.63) is 33.3 Å². The molecule has 8 heteroatoms. The minimum Gasteiger partial charge on any atom is -0.335 e. The van der Waals surface area contributed by atoms with E-state index in [-0.39, 0.29) is 11.7 Å². The van der Waals surface area contributed by atoms with E-state index in [0.29, 0.717) is 19.0 Å². The largest absolute Gasteiger partial charge is 0.341 e. The third-order valence-electron chi connectivity index (χ3n) is 4.20. The van der Waals surface area contributed by atoms with Crippen LogP contribution in [0.3, 0.4) is 0 Å². The van der Waals surface area contributed by atoms with Crippen LogP contribution < -0.4 is 5.69 Å². The molecule has 3 heterocycles. The summed E-state index contributed by atoms with van der Waals surface area (Å²) in [6.07, 6.45) is 4.00. The average Bonchev–Trinajstić information content (AvgIpc) is 3.17. The van der Waals surface area contributed by atoms with E-state index in [0.717, 1.165) is 18.5 Å². The van der Waals surface area contributed by atoms with Crippen molar-refractivity contribution in [2.45, 2.75) is 31.6 Å². The summed E-state index contributed by atoms with van der Waals surface area (Å²) in [7, 11) is 0. The number of hydrogen-bond acceptors (Lipinski definition) is 4. The Morgan fingerprint density at radius 1 is 1.14 bits per heavy atom. The number of H-pyrrole nitrogens is 3. The smallest absolute Gasteiger partial charge is 0.335 e. The average molecular weight is 288 g/mol. The van der Waals surface area contributed by atoms with Crippen molar-refractivity contribution in [2.24, 2.45) is 0 Å². The van der Waals surface area contributed by atoms with E-state index < -0.39 is 5.69 Å². The minimum absolute atomic E-state index is 0.0751. The van der Waals surface area contributed by atoms with Gasteiger partial charge in [-0.15, -0.1) is 5.10 Å². The van der Waals surface area contributed by atoms with Crippen LogP contribution in [0.5, 0.6) is 0 Å². The lowest BCUT2D eigenvalue weighted by molar-refractivity contribution is 0.0751. The molecule has 2 aliphatic rings. The fourth-order valence-corrected chi connectivity index (χ4v) is 2.93. The van der Waals surface area contributed by atoms with Crippen LogP contribution in [0, 0.1) is 0 Å². The molecule has 2 aromatic heterocycles. The second-order valence-corrected chi connectivity index (χ2v) is 5.66. The second kappa shape index (κ2) is 4.57. The Balaban J connectivity index is 1.54. The van der Waals surface area contributed by atoms with E-state index in [9.17, 15) is 9.59 Å². The minimum atomic E-state index is -0.460. The molecule has 8 nitrogen and oxygen atoms in total. The maximum atomic E-state index is 12.3. The molecular formula is C13H16N6O2. The van der Waals surface area contributed by atoms with Gasteiger partial charge < -0.3 is 4.90 Å². The van der Waals surface area contributed by atoms with E-state index in [1.54, 1.807) is 4.90 Å². The second-order valence-electron chi connectivity index (χ2n) is 5.66. The fraction of sp³-hybridized carbons (Fsp3) is 0.538. The van der Waals surface area contributed by atoms with Crippen LogP contribution in [-0.2, 0) is 12.8 Å². The van der Waals surface area contributed by atoms with Crippen molar-refractivity contribution in [3.8, 4) is 0 Å². The summed E-state index contributed by atoms with van der Waals surface area (Å²) in [4.78, 5) is 27.5. The van der Waals surface area contributed by atoms with Crippen molar-refractivity contribution in [1.82, 2.24) is 30.3 Å². The van der Waals surface area contributed by atoms with Crippen molar-refractivity contribution < 1.29 is 4.79 Å². The summed E-state index contributed by atoms with van der Waals surface area (Å²) in [5.74, 6) is 0.445. The van der Waals surface area contributed by atoms with Crippen LogP contribution in [0.4, 0.5) is 0 Å². The Morgan fingerprint density at radius 2 is 1.95 bits per heavy atom. The number of carbonyl (C=O) groups excluding carboxylic acids is 1. The normalized spacial score (nSPS) is 18.4. The summed E-state index contributed by atoms with van der Waals surface area (Å²) in [6, 6.07) is 0. The van der Waals surface area contributed by atoms with Gasteiger partial charge >= 0.3 is 5.69 Å². The summed E-state index contributed by atoms with van der Waals surface area (Å²) in [6.45, 7) is 1.23. The molecule has 0 unspecified atom stereocenters. The van der Waals surface area contributed by atoms with Gasteiger partial charge in [-0.25, -0.2) is 9.89 Å². The highest BCUT2D eigenvalue weighted by Gasteiger charge is 2.32. The molecule has 0 radical (unpaired) electrons. The zero-order chi connectivity index (χ0) is 14.4. The maximum absolute atomic E-state index is 12.3. The predicted octanol–water partition coefficient (Wildman–Crippen LogP) is -0.0605. The Morgan fingerprint density at radius 3 is 2.67 bits per heavy atom. The molecule has 2 aromatic rings. The molecule has 0 spiro atoms. The van der Waals surface area contributed by atoms with E-state index in [4.69, 9.17) is 0 Å². The van der Waals surface area contributed by atoms with Crippen LogP contribution in [0.1, 0.15) is 46.3 Å². The number of amides is 1. The van der Waals surface area contributed by atoms with Crippen LogP contribution >= 0.6 is 0 Å². The van der Waals surface area contributed by atoms with Gasteiger partial charge in [0.1, 0.15) is 0 Å². The molecule has 4 rings (SSSR count). The summed E-state index contributed by atoms with van der Waals surface area (Å²) in [5.41, 5.74) is 3.15. The first-order valence-corrected chi connectivity index (χ1v) is 7.22. The lowest BCUT2D eigenvalue weighted by atomic mass is 10.1.